The van der Waals surface area contributed by atoms with Gasteiger partial charge in [0.2, 0.25) is 0 Å². The summed E-state index contributed by atoms with van der Waals surface area (Å²) in [5.41, 5.74) is 2.11. The van der Waals surface area contributed by atoms with Crippen molar-refractivity contribution in [1.82, 2.24) is 0 Å². The molecule has 5 aliphatic carbocycles. The zero-order chi connectivity index (χ0) is 18.3. The van der Waals surface area contributed by atoms with Crippen molar-refractivity contribution in [2.75, 3.05) is 0 Å². The van der Waals surface area contributed by atoms with Gasteiger partial charge in [-0.1, -0.05) is 38.1 Å². The molecule has 0 N–H and O–H groups in total. The summed E-state index contributed by atoms with van der Waals surface area (Å²) in [5.74, 6) is 4.41. The van der Waals surface area contributed by atoms with Gasteiger partial charge in [0.25, 0.3) is 0 Å². The normalized spacial score (nSPS) is 51.7. The number of ketones is 1. The van der Waals surface area contributed by atoms with Crippen LogP contribution in [0.25, 0.3) is 0 Å². The molecule has 0 unspecified atom stereocenters. The predicted octanol–water partition coefficient (Wildman–Crippen LogP) is 5.41. The van der Waals surface area contributed by atoms with E-state index in [1.807, 2.05) is 13.0 Å². The van der Waals surface area contributed by atoms with Crippen molar-refractivity contribution < 1.29 is 9.59 Å². The summed E-state index contributed by atoms with van der Waals surface area (Å²) in [7, 11) is 0. The van der Waals surface area contributed by atoms with E-state index in [9.17, 15) is 9.59 Å². The molecule has 0 aromatic rings. The summed E-state index contributed by atoms with van der Waals surface area (Å²) in [6.45, 7) is 7.00. The zero-order valence-electron chi connectivity index (χ0n) is 16.4. The van der Waals surface area contributed by atoms with Crippen LogP contribution in [0.2, 0.25) is 0 Å². The highest BCUT2D eigenvalue weighted by atomic mass is 32.2. The third kappa shape index (κ3) is 2.38. The summed E-state index contributed by atoms with van der Waals surface area (Å²) >= 11 is 1.64. The summed E-state index contributed by atoms with van der Waals surface area (Å²) < 4.78 is 0. The van der Waals surface area contributed by atoms with E-state index in [1.165, 1.54) is 31.3 Å². The molecule has 0 aliphatic heterocycles. The first-order chi connectivity index (χ1) is 12.4. The Morgan fingerprint density at radius 2 is 2.12 bits per heavy atom. The first kappa shape index (κ1) is 17.5. The van der Waals surface area contributed by atoms with E-state index in [0.29, 0.717) is 39.8 Å². The van der Waals surface area contributed by atoms with Gasteiger partial charge in [0.15, 0.2) is 10.9 Å². The Morgan fingerprint density at radius 3 is 2.88 bits per heavy atom. The van der Waals surface area contributed by atoms with Gasteiger partial charge in [-0.15, -0.1) is 0 Å². The molecular formula is C23H32O2S. The SMILES string of the molecule is CCC(=O)S[C@@H]1CC2=CC(=O)CC[C@]2(C)[C@H]2CC[C@]3(C)C[C@H]4C[C@H]4[C@H]3[C@H]12. The zero-order valence-corrected chi connectivity index (χ0v) is 17.2. The number of allylic oxidation sites excluding steroid dienone is 1. The molecule has 0 radical (unpaired) electrons. The second-order valence-electron chi connectivity index (χ2n) is 10.4. The molecule has 4 fully saturated rings. The molecule has 0 aromatic carbocycles. The number of hydrogen-bond acceptors (Lipinski definition) is 3. The minimum absolute atomic E-state index is 0.208. The van der Waals surface area contributed by atoms with E-state index in [-0.39, 0.29) is 5.41 Å². The van der Waals surface area contributed by atoms with Crippen LogP contribution in [-0.2, 0) is 9.59 Å². The average Bonchev–Trinajstić information content (AvgIpc) is 3.27. The highest BCUT2D eigenvalue weighted by Crippen LogP contribution is 2.74. The minimum Gasteiger partial charge on any atom is -0.295 e. The fraction of sp³-hybridized carbons (Fsp3) is 0.826. The van der Waals surface area contributed by atoms with Crippen LogP contribution >= 0.6 is 11.8 Å². The van der Waals surface area contributed by atoms with Crippen molar-refractivity contribution in [2.24, 2.45) is 40.4 Å². The van der Waals surface area contributed by atoms with Gasteiger partial charge in [0.1, 0.15) is 0 Å². The fourth-order valence-electron chi connectivity index (χ4n) is 7.79. The summed E-state index contributed by atoms with van der Waals surface area (Å²) in [5, 5.41) is 0.749. The monoisotopic (exact) mass is 372 g/mol. The van der Waals surface area contributed by atoms with Crippen LogP contribution in [0.4, 0.5) is 0 Å². The number of carbonyl (C=O) groups is 2. The third-order valence-corrected chi connectivity index (χ3v) is 10.4. The highest BCUT2D eigenvalue weighted by molar-refractivity contribution is 8.14. The van der Waals surface area contributed by atoms with Crippen LogP contribution in [0.15, 0.2) is 11.6 Å². The standard InChI is InChI=1S/C23H32O2S/c1-4-19(25)26-18-11-14-10-15(24)5-8-23(14,3)17-6-7-22(2)12-13-9-16(13)21(22)20(17)18/h10,13,16-18,20-21H,4-9,11-12H2,1-3H3/t13-,16-,17+,18-,20+,21+,22-,23+/m1/s1. The van der Waals surface area contributed by atoms with E-state index >= 15 is 0 Å². The molecule has 0 bridgehead atoms. The number of carbonyl (C=O) groups excluding carboxylic acids is 2. The number of rotatable bonds is 2. The van der Waals surface area contributed by atoms with E-state index in [2.05, 4.69) is 13.8 Å². The van der Waals surface area contributed by atoms with E-state index in [0.717, 1.165) is 37.0 Å². The van der Waals surface area contributed by atoms with Crippen LogP contribution in [0.5, 0.6) is 0 Å². The Balaban J connectivity index is 1.56. The topological polar surface area (TPSA) is 34.1 Å². The van der Waals surface area contributed by atoms with E-state index < -0.39 is 0 Å². The minimum atomic E-state index is 0.208. The van der Waals surface area contributed by atoms with Crippen molar-refractivity contribution in [1.29, 1.82) is 0 Å². The number of thioether (sulfide) groups is 1. The number of hydrogen-bond donors (Lipinski definition) is 0. The molecule has 0 saturated heterocycles. The van der Waals surface area contributed by atoms with Gasteiger partial charge in [0, 0.05) is 18.1 Å². The molecule has 5 aliphatic rings. The molecule has 0 heterocycles. The van der Waals surface area contributed by atoms with Gasteiger partial charge in [0.05, 0.1) is 0 Å². The maximum Gasteiger partial charge on any atom is 0.188 e. The van der Waals surface area contributed by atoms with Gasteiger partial charge in [-0.3, -0.25) is 9.59 Å². The van der Waals surface area contributed by atoms with Crippen LogP contribution in [-0.4, -0.2) is 16.1 Å². The predicted molar refractivity (Wildman–Crippen MR) is 106 cm³/mol. The third-order valence-electron chi connectivity index (χ3n) is 9.08. The van der Waals surface area contributed by atoms with Crippen LogP contribution in [0, 0.1) is 40.4 Å². The maximum atomic E-state index is 12.4. The lowest BCUT2D eigenvalue weighted by atomic mass is 9.46. The summed E-state index contributed by atoms with van der Waals surface area (Å²) in [6.07, 6.45) is 10.9. The molecule has 142 valence electrons. The first-order valence-electron chi connectivity index (χ1n) is 10.8. The van der Waals surface area contributed by atoms with Crippen molar-refractivity contribution in [3.63, 3.8) is 0 Å². The first-order valence-corrected chi connectivity index (χ1v) is 11.7. The largest absolute Gasteiger partial charge is 0.295 e. The van der Waals surface area contributed by atoms with E-state index in [4.69, 9.17) is 0 Å². The van der Waals surface area contributed by atoms with Gasteiger partial charge in [-0.2, -0.15) is 0 Å². The average molecular weight is 373 g/mol. The molecule has 0 aromatic heterocycles. The van der Waals surface area contributed by atoms with Gasteiger partial charge >= 0.3 is 0 Å². The Morgan fingerprint density at radius 1 is 1.31 bits per heavy atom. The molecule has 0 spiro atoms. The molecule has 26 heavy (non-hydrogen) atoms. The lowest BCUT2D eigenvalue weighted by molar-refractivity contribution is -0.117. The molecular weight excluding hydrogens is 340 g/mol. The van der Waals surface area contributed by atoms with Crippen LogP contribution in [0.3, 0.4) is 0 Å². The van der Waals surface area contributed by atoms with Gasteiger partial charge < -0.3 is 0 Å². The molecule has 0 amide bonds. The maximum absolute atomic E-state index is 12.4. The highest BCUT2D eigenvalue weighted by Gasteiger charge is 2.67. The Kier molecular flexibility index (Phi) is 3.85. The van der Waals surface area contributed by atoms with Crippen molar-refractivity contribution in [3.8, 4) is 0 Å². The fourth-order valence-corrected chi connectivity index (χ4v) is 9.08. The second kappa shape index (κ2) is 5.72. The summed E-state index contributed by atoms with van der Waals surface area (Å²) in [6, 6.07) is 0. The Labute approximate surface area is 161 Å². The second-order valence-corrected chi connectivity index (χ2v) is 11.7. The van der Waals surface area contributed by atoms with Crippen LogP contribution in [0.1, 0.15) is 72.1 Å². The molecule has 2 nitrogen and oxygen atoms in total. The lowest BCUT2D eigenvalue weighted by Crippen LogP contribution is -2.54. The van der Waals surface area contributed by atoms with Crippen molar-refractivity contribution in [3.05, 3.63) is 11.6 Å². The molecule has 8 atom stereocenters. The van der Waals surface area contributed by atoms with Crippen molar-refractivity contribution in [2.45, 2.75) is 77.4 Å². The van der Waals surface area contributed by atoms with E-state index in [1.54, 1.807) is 11.8 Å². The van der Waals surface area contributed by atoms with Gasteiger partial charge in [-0.05, 0) is 85.0 Å². The Bertz CT molecular complexity index is 696. The smallest absolute Gasteiger partial charge is 0.188 e. The quantitative estimate of drug-likeness (QED) is 0.650. The summed E-state index contributed by atoms with van der Waals surface area (Å²) in [4.78, 5) is 24.5. The molecule has 5 rings (SSSR count). The van der Waals surface area contributed by atoms with Crippen LogP contribution < -0.4 is 0 Å². The molecule has 4 saturated carbocycles. The number of fused-ring (bicyclic) bond motifs is 7. The lowest BCUT2D eigenvalue weighted by Gasteiger charge is -2.60. The van der Waals surface area contributed by atoms with Gasteiger partial charge in [-0.25, -0.2) is 0 Å². The molecule has 3 heteroatoms. The Hall–Kier alpha value is -0.570. The van der Waals surface area contributed by atoms with Crippen molar-refractivity contribution >= 4 is 22.7 Å².